The zero-order valence-corrected chi connectivity index (χ0v) is 25.7. The van der Waals surface area contributed by atoms with Crippen molar-refractivity contribution in [3.8, 4) is 33.6 Å². The average Bonchev–Trinajstić information content (AvgIpc) is 3.10. The smallest absolute Gasteiger partial charge is 0.0886 e. The lowest BCUT2D eigenvalue weighted by atomic mass is 9.81. The molecular weight excluding hydrogens is 544 g/mol. The highest BCUT2D eigenvalue weighted by Gasteiger charge is 2.21. The molecule has 45 heavy (non-hydrogen) atoms. The monoisotopic (exact) mass is 580 g/mol. The van der Waals surface area contributed by atoms with Crippen LogP contribution in [0.5, 0.6) is 0 Å². The number of benzene rings is 5. The largest absolute Gasteiger partial charge is 0.255 e. The second-order valence-corrected chi connectivity index (χ2v) is 11.6. The number of allylic oxidation sites excluding steroid dienone is 3. The number of fused-ring (bicyclic) bond motifs is 3. The molecule has 218 valence electrons. The third kappa shape index (κ3) is 5.34. The average molecular weight is 581 g/mol. The van der Waals surface area contributed by atoms with Crippen molar-refractivity contribution in [3.05, 3.63) is 158 Å². The van der Waals surface area contributed by atoms with E-state index in [-0.39, 0.29) is 5.92 Å². The van der Waals surface area contributed by atoms with Gasteiger partial charge in [0.2, 0.25) is 0 Å². The molecule has 0 aliphatic rings. The van der Waals surface area contributed by atoms with E-state index < -0.39 is 0 Å². The molecule has 0 bridgehead atoms. The summed E-state index contributed by atoms with van der Waals surface area (Å²) in [6.07, 6.45) is 13.7. The van der Waals surface area contributed by atoms with Gasteiger partial charge in [-0.1, -0.05) is 129 Å². The number of unbranched alkanes of at least 4 members (excludes halogenated alkanes) is 1. The summed E-state index contributed by atoms with van der Waals surface area (Å²) in [6, 6.07) is 41.4. The van der Waals surface area contributed by atoms with Crippen LogP contribution in [0, 0.1) is 0 Å². The molecule has 7 aromatic rings. The van der Waals surface area contributed by atoms with Gasteiger partial charge in [-0.3, -0.25) is 9.97 Å². The molecule has 7 rings (SSSR count). The van der Waals surface area contributed by atoms with E-state index in [1.807, 2.05) is 24.4 Å². The van der Waals surface area contributed by atoms with E-state index in [1.54, 1.807) is 6.20 Å². The first-order valence-electron chi connectivity index (χ1n) is 15.9. The molecule has 0 saturated heterocycles. The van der Waals surface area contributed by atoms with E-state index in [4.69, 9.17) is 4.98 Å². The molecule has 0 aliphatic heterocycles. The van der Waals surface area contributed by atoms with Gasteiger partial charge in [0.25, 0.3) is 0 Å². The standard InChI is InChI=1S/C43H36N2/c1-3-5-6-16-30(15-4-2)42-35-19-9-11-21-37(35)43(38-22-12-10-20-36(38)42)39-26-25-32(33-17-7-8-18-34(33)39)31-24-27-41(45-29-31)40-23-13-14-28-44-40/h4,6-14,16-30H,2-3,5,15H2,1H3/b16-6-. The van der Waals surface area contributed by atoms with E-state index in [2.05, 4.69) is 134 Å². The third-order valence-corrected chi connectivity index (χ3v) is 8.78. The van der Waals surface area contributed by atoms with Crippen molar-refractivity contribution < 1.29 is 0 Å². The van der Waals surface area contributed by atoms with E-state index in [1.165, 1.54) is 54.6 Å². The first-order valence-corrected chi connectivity index (χ1v) is 15.9. The zero-order valence-electron chi connectivity index (χ0n) is 25.7. The quantitative estimate of drug-likeness (QED) is 0.125. The molecule has 0 amide bonds. The summed E-state index contributed by atoms with van der Waals surface area (Å²) in [6.45, 7) is 6.36. The van der Waals surface area contributed by atoms with Crippen molar-refractivity contribution in [2.75, 3.05) is 0 Å². The summed E-state index contributed by atoms with van der Waals surface area (Å²) < 4.78 is 0. The fourth-order valence-corrected chi connectivity index (χ4v) is 6.74. The van der Waals surface area contributed by atoms with E-state index in [0.717, 1.165) is 36.2 Å². The molecule has 0 spiro atoms. The van der Waals surface area contributed by atoms with Crippen molar-refractivity contribution in [3.63, 3.8) is 0 Å². The number of rotatable bonds is 9. The van der Waals surface area contributed by atoms with Gasteiger partial charge >= 0.3 is 0 Å². The second kappa shape index (κ2) is 12.7. The van der Waals surface area contributed by atoms with Gasteiger partial charge in [0.05, 0.1) is 11.4 Å². The zero-order chi connectivity index (χ0) is 30.6. The van der Waals surface area contributed by atoms with Crippen LogP contribution < -0.4 is 0 Å². The van der Waals surface area contributed by atoms with Gasteiger partial charge < -0.3 is 0 Å². The number of pyridine rings is 2. The Morgan fingerprint density at radius 1 is 0.622 bits per heavy atom. The van der Waals surface area contributed by atoms with Crippen molar-refractivity contribution in [2.45, 2.75) is 32.1 Å². The second-order valence-electron chi connectivity index (χ2n) is 11.6. The Morgan fingerprint density at radius 2 is 1.22 bits per heavy atom. The molecule has 1 atom stereocenters. The third-order valence-electron chi connectivity index (χ3n) is 8.78. The van der Waals surface area contributed by atoms with Crippen LogP contribution in [0.1, 0.15) is 37.7 Å². The van der Waals surface area contributed by atoms with Crippen LogP contribution in [0.3, 0.4) is 0 Å². The van der Waals surface area contributed by atoms with Crippen LogP contribution in [0.2, 0.25) is 0 Å². The normalized spacial score (nSPS) is 12.3. The van der Waals surface area contributed by atoms with Crippen molar-refractivity contribution >= 4 is 32.3 Å². The minimum absolute atomic E-state index is 0.263. The van der Waals surface area contributed by atoms with Gasteiger partial charge in [-0.05, 0) is 85.6 Å². The van der Waals surface area contributed by atoms with E-state index >= 15 is 0 Å². The summed E-state index contributed by atoms with van der Waals surface area (Å²) >= 11 is 0. The minimum Gasteiger partial charge on any atom is -0.255 e. The van der Waals surface area contributed by atoms with Crippen LogP contribution in [0.4, 0.5) is 0 Å². The number of nitrogens with zero attached hydrogens (tertiary/aromatic N) is 2. The number of aromatic nitrogens is 2. The molecule has 2 aromatic heterocycles. The maximum absolute atomic E-state index is 4.79. The number of hydrogen-bond acceptors (Lipinski definition) is 2. The fraction of sp³-hybridized carbons (Fsp3) is 0.116. The van der Waals surface area contributed by atoms with Crippen LogP contribution in [-0.2, 0) is 0 Å². The summed E-state index contributed by atoms with van der Waals surface area (Å²) in [5.74, 6) is 0.263. The van der Waals surface area contributed by atoms with Crippen LogP contribution in [0.25, 0.3) is 66.0 Å². The van der Waals surface area contributed by atoms with Gasteiger partial charge in [0.15, 0.2) is 0 Å². The minimum atomic E-state index is 0.263. The highest BCUT2D eigenvalue weighted by Crippen LogP contribution is 2.46. The topological polar surface area (TPSA) is 25.8 Å². The molecule has 0 saturated carbocycles. The lowest BCUT2D eigenvalue weighted by Gasteiger charge is -2.22. The first-order chi connectivity index (χ1) is 22.3. The maximum Gasteiger partial charge on any atom is 0.0886 e. The Hall–Kier alpha value is -5.34. The van der Waals surface area contributed by atoms with Gasteiger partial charge in [-0.25, -0.2) is 0 Å². The molecule has 2 nitrogen and oxygen atoms in total. The van der Waals surface area contributed by atoms with Crippen molar-refractivity contribution in [1.82, 2.24) is 9.97 Å². The highest BCUT2D eigenvalue weighted by molar-refractivity contribution is 6.19. The summed E-state index contributed by atoms with van der Waals surface area (Å²) in [5, 5.41) is 7.62. The Balaban J connectivity index is 1.45. The Morgan fingerprint density at radius 3 is 1.82 bits per heavy atom. The van der Waals surface area contributed by atoms with Crippen molar-refractivity contribution in [2.24, 2.45) is 0 Å². The van der Waals surface area contributed by atoms with E-state index in [0.29, 0.717) is 0 Å². The van der Waals surface area contributed by atoms with Crippen LogP contribution in [-0.4, -0.2) is 9.97 Å². The summed E-state index contributed by atoms with van der Waals surface area (Å²) in [4.78, 5) is 9.26. The van der Waals surface area contributed by atoms with Crippen LogP contribution in [0.15, 0.2) is 152 Å². The van der Waals surface area contributed by atoms with Gasteiger partial charge in [-0.15, -0.1) is 6.58 Å². The molecular formula is C43H36N2. The van der Waals surface area contributed by atoms with Gasteiger partial charge in [0, 0.05) is 23.9 Å². The molecule has 0 radical (unpaired) electrons. The molecule has 0 fully saturated rings. The Labute approximate surface area is 265 Å². The molecule has 2 heteroatoms. The van der Waals surface area contributed by atoms with Crippen molar-refractivity contribution in [1.29, 1.82) is 0 Å². The lowest BCUT2D eigenvalue weighted by molar-refractivity contribution is 0.864. The predicted octanol–water partition coefficient (Wildman–Crippen LogP) is 12.0. The highest BCUT2D eigenvalue weighted by atomic mass is 14.8. The lowest BCUT2D eigenvalue weighted by Crippen LogP contribution is -2.00. The van der Waals surface area contributed by atoms with Gasteiger partial charge in [0.1, 0.15) is 0 Å². The first kappa shape index (κ1) is 28.4. The summed E-state index contributed by atoms with van der Waals surface area (Å²) in [5.41, 5.74) is 7.93. The molecule has 0 aliphatic carbocycles. The Kier molecular flexibility index (Phi) is 8.04. The van der Waals surface area contributed by atoms with E-state index in [9.17, 15) is 0 Å². The van der Waals surface area contributed by atoms with Gasteiger partial charge in [-0.2, -0.15) is 0 Å². The molecule has 0 N–H and O–H groups in total. The molecule has 5 aromatic carbocycles. The van der Waals surface area contributed by atoms with Crippen LogP contribution >= 0.6 is 0 Å². The predicted molar refractivity (Wildman–Crippen MR) is 192 cm³/mol. The maximum atomic E-state index is 4.79. The SMILES string of the molecule is C=CCC(/C=C\CCC)c1c2ccccc2c(-c2ccc(-c3ccc(-c4ccccn4)nc3)c3ccccc23)c2ccccc12. The number of hydrogen-bond donors (Lipinski definition) is 0. The molecule has 2 heterocycles. The molecule has 1 unspecified atom stereocenters. The Bertz CT molecular complexity index is 2100. The fourth-order valence-electron chi connectivity index (χ4n) is 6.74. The summed E-state index contributed by atoms with van der Waals surface area (Å²) in [7, 11) is 0.